The summed E-state index contributed by atoms with van der Waals surface area (Å²) >= 11 is 0. The highest BCUT2D eigenvalue weighted by atomic mass is 19.1. The van der Waals surface area contributed by atoms with Crippen LogP contribution in [0.4, 0.5) is 4.39 Å². The second-order valence-electron chi connectivity index (χ2n) is 6.56. The zero-order valence-corrected chi connectivity index (χ0v) is 13.6. The lowest BCUT2D eigenvalue weighted by Crippen LogP contribution is -2.24. The lowest BCUT2D eigenvalue weighted by Gasteiger charge is -2.24. The second kappa shape index (κ2) is 6.00. The molecule has 0 aliphatic carbocycles. The zero-order chi connectivity index (χ0) is 16.7. The lowest BCUT2D eigenvalue weighted by molar-refractivity contribution is 0.172. The van der Waals surface area contributed by atoms with Gasteiger partial charge < -0.3 is 9.67 Å². The summed E-state index contributed by atoms with van der Waals surface area (Å²) in [6.45, 7) is 1.37. The molecule has 1 saturated heterocycles. The van der Waals surface area contributed by atoms with Crippen LogP contribution in [-0.4, -0.2) is 32.2 Å². The Kier molecular flexibility index (Phi) is 3.82. The second-order valence-corrected chi connectivity index (χ2v) is 6.56. The summed E-state index contributed by atoms with van der Waals surface area (Å²) in [5, 5.41) is 10.1. The molecular weight excluding hydrogens is 305 g/mol. The van der Waals surface area contributed by atoms with Crippen LogP contribution in [0.1, 0.15) is 23.6 Å². The van der Waals surface area contributed by atoms with Gasteiger partial charge in [-0.25, -0.2) is 9.37 Å². The molecule has 5 heteroatoms. The molecular formula is C19H20FN3O. The first kappa shape index (κ1) is 15.3. The van der Waals surface area contributed by atoms with Gasteiger partial charge in [-0.1, -0.05) is 18.2 Å². The third-order valence-electron chi connectivity index (χ3n) is 4.81. The molecule has 4 rings (SSSR count). The van der Waals surface area contributed by atoms with E-state index in [0.29, 0.717) is 13.0 Å². The average molecular weight is 325 g/mol. The van der Waals surface area contributed by atoms with E-state index in [-0.39, 0.29) is 18.0 Å². The molecule has 0 saturated carbocycles. The average Bonchev–Trinajstić information content (AvgIpc) is 3.11. The highest BCUT2D eigenvalue weighted by Gasteiger charge is 2.31. The molecule has 0 amide bonds. The largest absolute Gasteiger partial charge is 0.392 e. The number of aliphatic hydroxyl groups is 1. The number of aliphatic hydroxyl groups excluding tert-OH is 1. The van der Waals surface area contributed by atoms with E-state index in [0.717, 1.165) is 23.1 Å². The number of halogens is 1. The van der Waals surface area contributed by atoms with Gasteiger partial charge in [-0.05, 0) is 41.8 Å². The van der Waals surface area contributed by atoms with Crippen LogP contribution in [0.25, 0.3) is 11.0 Å². The number of rotatable bonds is 3. The van der Waals surface area contributed by atoms with Crippen molar-refractivity contribution < 1.29 is 9.50 Å². The number of aromatic nitrogens is 2. The summed E-state index contributed by atoms with van der Waals surface area (Å²) in [5.41, 5.74) is 4.30. The number of aryl methyl sites for hydroxylation is 1. The monoisotopic (exact) mass is 325 g/mol. The number of hydrogen-bond acceptors (Lipinski definition) is 3. The van der Waals surface area contributed by atoms with Crippen molar-refractivity contribution >= 4 is 11.0 Å². The minimum absolute atomic E-state index is 0.111. The summed E-state index contributed by atoms with van der Waals surface area (Å²) in [5.74, 6) is -0.232. The maximum atomic E-state index is 13.2. The molecule has 2 aromatic carbocycles. The Morgan fingerprint density at radius 3 is 2.79 bits per heavy atom. The zero-order valence-electron chi connectivity index (χ0n) is 13.6. The van der Waals surface area contributed by atoms with Gasteiger partial charge >= 0.3 is 0 Å². The van der Waals surface area contributed by atoms with Crippen LogP contribution in [0.3, 0.4) is 0 Å². The molecule has 4 nitrogen and oxygen atoms in total. The van der Waals surface area contributed by atoms with E-state index in [1.807, 2.05) is 30.1 Å². The summed E-state index contributed by atoms with van der Waals surface area (Å²) in [6, 6.07) is 13.0. The van der Waals surface area contributed by atoms with Crippen LogP contribution in [0.5, 0.6) is 0 Å². The van der Waals surface area contributed by atoms with Gasteiger partial charge in [-0.2, -0.15) is 0 Å². The molecule has 24 heavy (non-hydrogen) atoms. The Morgan fingerprint density at radius 2 is 2.00 bits per heavy atom. The van der Waals surface area contributed by atoms with Crippen LogP contribution < -0.4 is 0 Å². The topological polar surface area (TPSA) is 41.3 Å². The molecule has 1 fully saturated rings. The van der Waals surface area contributed by atoms with E-state index in [4.69, 9.17) is 0 Å². The minimum atomic E-state index is -0.348. The first-order valence-electron chi connectivity index (χ1n) is 8.18. The molecule has 0 unspecified atom stereocenters. The number of likely N-dealkylation sites (tertiary alicyclic amines) is 1. The maximum Gasteiger partial charge on any atom is 0.123 e. The highest BCUT2D eigenvalue weighted by Crippen LogP contribution is 2.33. The van der Waals surface area contributed by atoms with Gasteiger partial charge in [-0.3, -0.25) is 4.90 Å². The fourth-order valence-corrected chi connectivity index (χ4v) is 3.60. The molecule has 0 radical (unpaired) electrons. The van der Waals surface area contributed by atoms with Crippen molar-refractivity contribution in [3.63, 3.8) is 0 Å². The van der Waals surface area contributed by atoms with Crippen LogP contribution >= 0.6 is 0 Å². The molecule has 0 bridgehead atoms. The normalized spacial score (nSPS) is 21.6. The summed E-state index contributed by atoms with van der Waals surface area (Å²) in [7, 11) is 1.98. The van der Waals surface area contributed by atoms with Gasteiger partial charge in [-0.15, -0.1) is 0 Å². The maximum absolute atomic E-state index is 13.2. The Bertz CT molecular complexity index is 859. The van der Waals surface area contributed by atoms with Gasteiger partial charge in [0, 0.05) is 26.2 Å². The molecule has 2 heterocycles. The van der Waals surface area contributed by atoms with Gasteiger partial charge in [0.2, 0.25) is 0 Å². The number of imidazole rings is 1. The molecule has 124 valence electrons. The number of β-amino-alcohol motifs (C(OH)–C–C–N with tert-alkyl or cyclic N) is 1. The van der Waals surface area contributed by atoms with Crippen molar-refractivity contribution in [3.05, 3.63) is 65.7 Å². The van der Waals surface area contributed by atoms with Crippen molar-refractivity contribution in [3.8, 4) is 0 Å². The molecule has 2 atom stereocenters. The van der Waals surface area contributed by atoms with Crippen LogP contribution in [-0.2, 0) is 13.6 Å². The SMILES string of the molecule is Cn1cnc2cc(CN3C[C@H](O)C[C@H]3c3ccc(F)cc3)ccc21. The fourth-order valence-electron chi connectivity index (χ4n) is 3.60. The Hall–Kier alpha value is -2.24. The summed E-state index contributed by atoms with van der Waals surface area (Å²) < 4.78 is 15.2. The first-order valence-corrected chi connectivity index (χ1v) is 8.18. The lowest BCUT2D eigenvalue weighted by atomic mass is 10.0. The van der Waals surface area contributed by atoms with E-state index in [2.05, 4.69) is 28.1 Å². The van der Waals surface area contributed by atoms with E-state index in [1.165, 1.54) is 17.7 Å². The van der Waals surface area contributed by atoms with Crippen LogP contribution in [0, 0.1) is 5.82 Å². The molecule has 1 aliphatic heterocycles. The fraction of sp³-hybridized carbons (Fsp3) is 0.316. The Labute approximate surface area is 140 Å². The Morgan fingerprint density at radius 1 is 1.21 bits per heavy atom. The first-order chi connectivity index (χ1) is 11.6. The van der Waals surface area contributed by atoms with Crippen molar-refractivity contribution in [2.45, 2.75) is 25.1 Å². The third kappa shape index (κ3) is 2.81. The number of nitrogens with zero attached hydrogens (tertiary/aromatic N) is 3. The van der Waals surface area contributed by atoms with Crippen LogP contribution in [0.15, 0.2) is 48.8 Å². The predicted octanol–water partition coefficient (Wildman–Crippen LogP) is 3.02. The van der Waals surface area contributed by atoms with E-state index >= 15 is 0 Å². The molecule has 0 spiro atoms. The minimum Gasteiger partial charge on any atom is -0.392 e. The Balaban J connectivity index is 1.59. The van der Waals surface area contributed by atoms with Crippen molar-refractivity contribution in [1.29, 1.82) is 0 Å². The van der Waals surface area contributed by atoms with Crippen LogP contribution in [0.2, 0.25) is 0 Å². The van der Waals surface area contributed by atoms with Gasteiger partial charge in [0.05, 0.1) is 23.5 Å². The highest BCUT2D eigenvalue weighted by molar-refractivity contribution is 5.75. The van der Waals surface area contributed by atoms with E-state index < -0.39 is 0 Å². The number of fused-ring (bicyclic) bond motifs is 1. The smallest absolute Gasteiger partial charge is 0.123 e. The molecule has 1 N–H and O–H groups in total. The van der Waals surface area contributed by atoms with E-state index in [1.54, 1.807) is 0 Å². The number of hydrogen-bond donors (Lipinski definition) is 1. The number of benzene rings is 2. The molecule has 1 aromatic heterocycles. The quantitative estimate of drug-likeness (QED) is 0.805. The summed E-state index contributed by atoms with van der Waals surface area (Å²) in [6.07, 6.45) is 2.14. The van der Waals surface area contributed by atoms with Gasteiger partial charge in [0.1, 0.15) is 5.82 Å². The standard InChI is InChI=1S/C19H20FN3O/c1-22-12-21-17-8-13(2-7-18(17)22)10-23-11-16(24)9-19(23)14-3-5-15(20)6-4-14/h2-8,12,16,19,24H,9-11H2,1H3/t16-,19+/m1/s1. The van der Waals surface area contributed by atoms with E-state index in [9.17, 15) is 9.50 Å². The van der Waals surface area contributed by atoms with Crippen molar-refractivity contribution in [2.75, 3.05) is 6.54 Å². The predicted molar refractivity (Wildman–Crippen MR) is 90.9 cm³/mol. The molecule has 3 aromatic rings. The summed E-state index contributed by atoms with van der Waals surface area (Å²) in [4.78, 5) is 6.66. The van der Waals surface area contributed by atoms with Gasteiger partial charge in [0.25, 0.3) is 0 Å². The third-order valence-corrected chi connectivity index (χ3v) is 4.81. The van der Waals surface area contributed by atoms with Crippen molar-refractivity contribution in [1.82, 2.24) is 14.5 Å². The van der Waals surface area contributed by atoms with Crippen molar-refractivity contribution in [2.24, 2.45) is 7.05 Å². The van der Waals surface area contributed by atoms with Gasteiger partial charge in [0.15, 0.2) is 0 Å². The molecule has 1 aliphatic rings.